The minimum Gasteiger partial charge on any atom is -0.267 e. The van der Waals surface area contributed by atoms with E-state index in [0.717, 1.165) is 16.2 Å². The second-order valence-electron chi connectivity index (χ2n) is 8.60. The highest BCUT2D eigenvalue weighted by atomic mass is 32.2. The molecular weight excluding hydrogens is 340 g/mol. The van der Waals surface area contributed by atoms with Crippen LogP contribution in [0, 0.1) is 0 Å². The molecule has 1 aromatic heterocycles. The van der Waals surface area contributed by atoms with Gasteiger partial charge < -0.3 is 0 Å². The summed E-state index contributed by atoms with van der Waals surface area (Å²) < 4.78 is 1.56. The Hall–Kier alpha value is -1.81. The molecule has 3 nitrogen and oxygen atoms in total. The number of thioether (sulfide) groups is 1. The molecular formula is C22H30N2OS. The monoisotopic (exact) mass is 370 g/mol. The lowest BCUT2D eigenvalue weighted by molar-refractivity contribution is 0.334. The van der Waals surface area contributed by atoms with Crippen LogP contribution in [-0.4, -0.2) is 9.78 Å². The summed E-state index contributed by atoms with van der Waals surface area (Å²) in [6, 6.07) is 8.72. The van der Waals surface area contributed by atoms with E-state index in [0.29, 0.717) is 6.42 Å². The Bertz CT molecular complexity index is 821. The van der Waals surface area contributed by atoms with Gasteiger partial charge in [-0.05, 0) is 43.7 Å². The van der Waals surface area contributed by atoms with Crippen LogP contribution < -0.4 is 5.56 Å². The van der Waals surface area contributed by atoms with Gasteiger partial charge in [0.1, 0.15) is 0 Å². The number of rotatable bonds is 5. The van der Waals surface area contributed by atoms with Crippen molar-refractivity contribution < 1.29 is 0 Å². The van der Waals surface area contributed by atoms with Crippen LogP contribution in [0.3, 0.4) is 0 Å². The summed E-state index contributed by atoms with van der Waals surface area (Å²) in [6.07, 6.45) is 4.16. The smallest absolute Gasteiger partial charge is 0.267 e. The lowest BCUT2D eigenvalue weighted by Gasteiger charge is -2.22. The van der Waals surface area contributed by atoms with Crippen molar-refractivity contribution in [1.29, 1.82) is 0 Å². The molecule has 4 heteroatoms. The molecule has 0 fully saturated rings. The fourth-order valence-electron chi connectivity index (χ4n) is 2.67. The first kappa shape index (κ1) is 20.5. The summed E-state index contributed by atoms with van der Waals surface area (Å²) >= 11 is 1.66. The number of allylic oxidation sites excluding steroid dienone is 1. The average Bonchev–Trinajstić information content (AvgIpc) is 2.54. The zero-order valence-electron chi connectivity index (χ0n) is 16.8. The van der Waals surface area contributed by atoms with Crippen LogP contribution >= 0.6 is 11.8 Å². The maximum atomic E-state index is 12.8. The van der Waals surface area contributed by atoms with Gasteiger partial charge >= 0.3 is 0 Å². The molecule has 0 atom stereocenters. The predicted octanol–water partition coefficient (Wildman–Crippen LogP) is 5.32. The molecule has 0 bridgehead atoms. The highest BCUT2D eigenvalue weighted by Gasteiger charge is 2.20. The maximum absolute atomic E-state index is 12.8. The molecule has 0 amide bonds. The zero-order valence-corrected chi connectivity index (χ0v) is 17.6. The highest BCUT2D eigenvalue weighted by molar-refractivity contribution is 7.98. The number of hydrogen-bond donors (Lipinski definition) is 0. The van der Waals surface area contributed by atoms with Crippen LogP contribution in [0.5, 0.6) is 0 Å². The number of hydrogen-bond acceptors (Lipinski definition) is 3. The number of benzene rings is 1. The van der Waals surface area contributed by atoms with Crippen LogP contribution in [0.4, 0.5) is 0 Å². The van der Waals surface area contributed by atoms with E-state index in [2.05, 4.69) is 56.7 Å². The van der Waals surface area contributed by atoms with Crippen molar-refractivity contribution in [2.75, 3.05) is 0 Å². The van der Waals surface area contributed by atoms with Crippen LogP contribution in [0.25, 0.3) is 0 Å². The van der Waals surface area contributed by atoms with Crippen molar-refractivity contribution in [1.82, 2.24) is 9.78 Å². The molecule has 26 heavy (non-hydrogen) atoms. The quantitative estimate of drug-likeness (QED) is 0.528. The molecule has 2 aromatic rings. The topological polar surface area (TPSA) is 34.9 Å². The Morgan fingerprint density at radius 1 is 1.12 bits per heavy atom. The Morgan fingerprint density at radius 3 is 2.23 bits per heavy atom. The Balaban J connectivity index is 2.25. The van der Waals surface area contributed by atoms with Crippen molar-refractivity contribution in [2.45, 2.75) is 69.6 Å². The molecule has 0 saturated carbocycles. The van der Waals surface area contributed by atoms with Crippen LogP contribution in [-0.2, 0) is 23.1 Å². The number of aromatic nitrogens is 2. The first-order valence-corrected chi connectivity index (χ1v) is 9.97. The third-order valence-corrected chi connectivity index (χ3v) is 5.38. The fraction of sp³-hybridized carbons (Fsp3) is 0.455. The van der Waals surface area contributed by atoms with Gasteiger partial charge in [-0.2, -0.15) is 5.10 Å². The van der Waals surface area contributed by atoms with Crippen LogP contribution in [0.1, 0.15) is 58.2 Å². The van der Waals surface area contributed by atoms with Gasteiger partial charge in [-0.25, -0.2) is 4.68 Å². The lowest BCUT2D eigenvalue weighted by atomic mass is 9.87. The van der Waals surface area contributed by atoms with E-state index in [1.165, 1.54) is 11.1 Å². The van der Waals surface area contributed by atoms with Gasteiger partial charge in [-0.3, -0.25) is 4.79 Å². The Kier molecular flexibility index (Phi) is 6.17. The SMILES string of the molecule is C=CCc1c(SCc2ccc(C(C)(C)C)cc2)cnn(C(C)(C)C)c1=O. The van der Waals surface area contributed by atoms with E-state index in [1.54, 1.807) is 22.5 Å². The Labute approximate surface area is 161 Å². The molecule has 0 aliphatic carbocycles. The van der Waals surface area contributed by atoms with Crippen molar-refractivity contribution in [3.8, 4) is 0 Å². The van der Waals surface area contributed by atoms with E-state index >= 15 is 0 Å². The molecule has 0 unspecified atom stereocenters. The minimum absolute atomic E-state index is 0.0227. The van der Waals surface area contributed by atoms with Crippen LogP contribution in [0.2, 0.25) is 0 Å². The van der Waals surface area contributed by atoms with Gasteiger partial charge in [0.2, 0.25) is 0 Å². The molecule has 0 spiro atoms. The standard InChI is InChI=1S/C22H30N2OS/c1-8-9-18-19(14-23-24(20(18)25)22(5,6)7)26-15-16-10-12-17(13-11-16)21(2,3)4/h8,10-14H,1,9,15H2,2-7H3. The molecule has 0 aliphatic heterocycles. The van der Waals surface area contributed by atoms with E-state index in [1.807, 2.05) is 27.0 Å². The van der Waals surface area contributed by atoms with Crippen molar-refractivity contribution in [3.63, 3.8) is 0 Å². The maximum Gasteiger partial charge on any atom is 0.271 e. The molecule has 1 heterocycles. The largest absolute Gasteiger partial charge is 0.271 e. The van der Waals surface area contributed by atoms with E-state index in [-0.39, 0.29) is 16.5 Å². The molecule has 140 valence electrons. The van der Waals surface area contributed by atoms with E-state index in [9.17, 15) is 4.79 Å². The minimum atomic E-state index is -0.334. The van der Waals surface area contributed by atoms with Crippen molar-refractivity contribution in [2.24, 2.45) is 0 Å². The van der Waals surface area contributed by atoms with Crippen LogP contribution in [0.15, 0.2) is 52.8 Å². The normalized spacial score (nSPS) is 12.2. The number of nitrogens with zero attached hydrogens (tertiary/aromatic N) is 2. The summed E-state index contributed by atoms with van der Waals surface area (Å²) in [4.78, 5) is 13.8. The molecule has 0 radical (unpaired) electrons. The lowest BCUT2D eigenvalue weighted by Crippen LogP contribution is -2.37. The highest BCUT2D eigenvalue weighted by Crippen LogP contribution is 2.27. The van der Waals surface area contributed by atoms with E-state index < -0.39 is 0 Å². The zero-order chi connectivity index (χ0) is 19.5. The van der Waals surface area contributed by atoms with Gasteiger partial charge in [0, 0.05) is 16.2 Å². The van der Waals surface area contributed by atoms with Gasteiger partial charge in [-0.15, -0.1) is 18.3 Å². The summed E-state index contributed by atoms with van der Waals surface area (Å²) in [7, 11) is 0. The molecule has 0 saturated heterocycles. The second-order valence-corrected chi connectivity index (χ2v) is 9.62. The summed E-state index contributed by atoms with van der Waals surface area (Å²) in [5.74, 6) is 0.815. The third kappa shape index (κ3) is 4.88. The van der Waals surface area contributed by atoms with Crippen molar-refractivity contribution >= 4 is 11.8 Å². The molecule has 2 rings (SSSR count). The molecule has 0 N–H and O–H groups in total. The summed E-state index contributed by atoms with van der Waals surface area (Å²) in [5.41, 5.74) is 3.15. The Morgan fingerprint density at radius 2 is 1.73 bits per heavy atom. The fourth-order valence-corrected chi connectivity index (χ4v) is 3.65. The predicted molar refractivity (Wildman–Crippen MR) is 112 cm³/mol. The van der Waals surface area contributed by atoms with Gasteiger partial charge in [0.05, 0.1) is 11.7 Å². The third-order valence-electron chi connectivity index (χ3n) is 4.24. The van der Waals surface area contributed by atoms with Gasteiger partial charge in [0.25, 0.3) is 5.56 Å². The van der Waals surface area contributed by atoms with E-state index in [4.69, 9.17) is 0 Å². The first-order chi connectivity index (χ1) is 12.0. The summed E-state index contributed by atoms with van der Waals surface area (Å²) in [6.45, 7) is 16.4. The second kappa shape index (κ2) is 7.83. The molecule has 1 aromatic carbocycles. The first-order valence-electron chi connectivity index (χ1n) is 8.99. The van der Waals surface area contributed by atoms with Crippen molar-refractivity contribution in [3.05, 3.63) is 70.2 Å². The average molecular weight is 371 g/mol. The summed E-state index contributed by atoms with van der Waals surface area (Å²) in [5, 5.41) is 4.40. The molecule has 0 aliphatic rings. The van der Waals surface area contributed by atoms with Gasteiger partial charge in [0.15, 0.2) is 0 Å². The van der Waals surface area contributed by atoms with Gasteiger partial charge in [-0.1, -0.05) is 51.1 Å².